The molecule has 124 valence electrons. The van der Waals surface area contributed by atoms with Crippen molar-refractivity contribution in [2.45, 2.75) is 6.92 Å². The van der Waals surface area contributed by atoms with Gasteiger partial charge in [0.15, 0.2) is 0 Å². The molecule has 0 bridgehead atoms. The molecule has 0 N–H and O–H groups in total. The highest BCUT2D eigenvalue weighted by Crippen LogP contribution is 2.22. The zero-order valence-electron chi connectivity index (χ0n) is 13.5. The monoisotopic (exact) mass is 344 g/mol. The number of nitrogens with zero attached hydrogens (tertiary/aromatic N) is 6. The Balaban J connectivity index is 1.71. The first-order chi connectivity index (χ1) is 11.5. The van der Waals surface area contributed by atoms with Gasteiger partial charge in [-0.3, -0.25) is 9.48 Å². The lowest BCUT2D eigenvalue weighted by Gasteiger charge is -2.35. The van der Waals surface area contributed by atoms with E-state index in [0.29, 0.717) is 48.2 Å². The Bertz CT molecular complexity index is 816. The van der Waals surface area contributed by atoms with Crippen LogP contribution in [0.5, 0.6) is 0 Å². The Hall–Kier alpha value is -2.59. The van der Waals surface area contributed by atoms with Crippen LogP contribution >= 0.6 is 11.6 Å². The van der Waals surface area contributed by atoms with Gasteiger partial charge in [0.2, 0.25) is 0 Å². The van der Waals surface area contributed by atoms with Crippen LogP contribution in [0.2, 0.25) is 5.15 Å². The number of hydrogen-bond donors (Lipinski definition) is 0. The van der Waals surface area contributed by atoms with Gasteiger partial charge in [0, 0.05) is 39.4 Å². The van der Waals surface area contributed by atoms with Crippen LogP contribution in [-0.2, 0) is 7.05 Å². The van der Waals surface area contributed by atoms with Crippen molar-refractivity contribution in [3.63, 3.8) is 0 Å². The van der Waals surface area contributed by atoms with Crippen molar-refractivity contribution in [3.8, 4) is 6.07 Å². The summed E-state index contributed by atoms with van der Waals surface area (Å²) in [5, 5.41) is 13.5. The fraction of sp³-hybridized carbons (Fsp3) is 0.375. The summed E-state index contributed by atoms with van der Waals surface area (Å²) in [6, 6.07) is 5.56. The number of pyridine rings is 1. The maximum atomic E-state index is 12.7. The second kappa shape index (κ2) is 6.49. The number of carbonyl (C=O) groups is 1. The van der Waals surface area contributed by atoms with Crippen LogP contribution < -0.4 is 4.90 Å². The number of rotatable bonds is 2. The first-order valence-electron chi connectivity index (χ1n) is 7.60. The molecule has 0 radical (unpaired) electrons. The van der Waals surface area contributed by atoms with Gasteiger partial charge in [-0.1, -0.05) is 11.6 Å². The summed E-state index contributed by atoms with van der Waals surface area (Å²) in [5.74, 6) is 0.667. The zero-order valence-corrected chi connectivity index (χ0v) is 14.3. The van der Waals surface area contributed by atoms with Crippen LogP contribution in [0, 0.1) is 18.3 Å². The lowest BCUT2D eigenvalue weighted by molar-refractivity contribution is 0.0746. The fourth-order valence-electron chi connectivity index (χ4n) is 2.83. The number of piperazine rings is 1. The number of carbonyl (C=O) groups excluding carboxylic acids is 1. The van der Waals surface area contributed by atoms with Crippen LogP contribution in [-0.4, -0.2) is 51.8 Å². The van der Waals surface area contributed by atoms with Crippen molar-refractivity contribution in [1.29, 1.82) is 5.26 Å². The minimum Gasteiger partial charge on any atom is -0.353 e. The minimum atomic E-state index is -0.0935. The molecular weight excluding hydrogens is 328 g/mol. The maximum absolute atomic E-state index is 12.7. The standard InChI is InChI=1S/C16H17ClN6O/c1-11-14(15(17)21(2)20-11)16(24)23-7-5-22(6-8-23)13-9-12(10-18)3-4-19-13/h3-4,9H,5-8H2,1-2H3. The molecule has 24 heavy (non-hydrogen) atoms. The number of halogens is 1. The molecule has 0 saturated carbocycles. The largest absolute Gasteiger partial charge is 0.353 e. The van der Waals surface area contributed by atoms with Crippen LogP contribution in [0.3, 0.4) is 0 Å². The maximum Gasteiger partial charge on any atom is 0.259 e. The highest BCUT2D eigenvalue weighted by molar-refractivity contribution is 6.33. The molecule has 0 aromatic carbocycles. The summed E-state index contributed by atoms with van der Waals surface area (Å²) in [7, 11) is 1.72. The van der Waals surface area contributed by atoms with Crippen molar-refractivity contribution in [2.24, 2.45) is 7.05 Å². The van der Waals surface area contributed by atoms with Gasteiger partial charge in [-0.05, 0) is 19.1 Å². The van der Waals surface area contributed by atoms with E-state index in [-0.39, 0.29) is 5.91 Å². The highest BCUT2D eigenvalue weighted by atomic mass is 35.5. The summed E-state index contributed by atoms with van der Waals surface area (Å²) in [6.07, 6.45) is 1.63. The van der Waals surface area contributed by atoms with Gasteiger partial charge >= 0.3 is 0 Å². The molecule has 2 aromatic rings. The lowest BCUT2D eigenvalue weighted by atomic mass is 10.2. The Morgan fingerprint density at radius 1 is 1.33 bits per heavy atom. The average molecular weight is 345 g/mol. The quantitative estimate of drug-likeness (QED) is 0.827. The Morgan fingerprint density at radius 2 is 2.04 bits per heavy atom. The predicted molar refractivity (Wildman–Crippen MR) is 90.0 cm³/mol. The van der Waals surface area contributed by atoms with E-state index in [0.717, 1.165) is 5.82 Å². The van der Waals surface area contributed by atoms with Crippen LogP contribution in [0.15, 0.2) is 18.3 Å². The van der Waals surface area contributed by atoms with Crippen molar-refractivity contribution in [3.05, 3.63) is 40.3 Å². The molecule has 1 aliphatic rings. The van der Waals surface area contributed by atoms with E-state index < -0.39 is 0 Å². The number of hydrogen-bond acceptors (Lipinski definition) is 5. The fourth-order valence-corrected chi connectivity index (χ4v) is 3.09. The van der Waals surface area contributed by atoms with E-state index in [2.05, 4.69) is 21.1 Å². The third kappa shape index (κ3) is 2.93. The van der Waals surface area contributed by atoms with Gasteiger partial charge in [0.05, 0.1) is 22.9 Å². The van der Waals surface area contributed by atoms with Crippen molar-refractivity contribution >= 4 is 23.3 Å². The first-order valence-corrected chi connectivity index (χ1v) is 7.98. The molecule has 0 atom stereocenters. The van der Waals surface area contributed by atoms with Crippen molar-refractivity contribution < 1.29 is 4.79 Å². The first kappa shape index (κ1) is 16.3. The Kier molecular flexibility index (Phi) is 4.40. The van der Waals surface area contributed by atoms with Crippen molar-refractivity contribution in [1.82, 2.24) is 19.7 Å². The molecule has 3 rings (SSSR count). The third-order valence-electron chi connectivity index (χ3n) is 4.13. The van der Waals surface area contributed by atoms with E-state index >= 15 is 0 Å². The number of nitriles is 1. The lowest BCUT2D eigenvalue weighted by Crippen LogP contribution is -2.49. The van der Waals surface area contributed by atoms with Gasteiger partial charge in [-0.25, -0.2) is 4.98 Å². The molecule has 1 amide bonds. The zero-order chi connectivity index (χ0) is 17.3. The van der Waals surface area contributed by atoms with Crippen LogP contribution in [0.4, 0.5) is 5.82 Å². The van der Waals surface area contributed by atoms with Gasteiger partial charge in [-0.2, -0.15) is 10.4 Å². The second-order valence-corrected chi connectivity index (χ2v) is 6.03. The summed E-state index contributed by atoms with van der Waals surface area (Å²) in [4.78, 5) is 20.9. The van der Waals surface area contributed by atoms with Crippen LogP contribution in [0.25, 0.3) is 0 Å². The van der Waals surface area contributed by atoms with E-state index in [1.807, 2.05) is 0 Å². The van der Waals surface area contributed by atoms with Gasteiger partial charge < -0.3 is 9.80 Å². The van der Waals surface area contributed by atoms with E-state index in [1.165, 1.54) is 4.68 Å². The molecule has 0 aliphatic carbocycles. The molecule has 0 unspecified atom stereocenters. The van der Waals surface area contributed by atoms with E-state index in [9.17, 15) is 4.79 Å². The SMILES string of the molecule is Cc1nn(C)c(Cl)c1C(=O)N1CCN(c2cc(C#N)ccn2)CC1. The molecule has 2 aromatic heterocycles. The summed E-state index contributed by atoms with van der Waals surface area (Å²) < 4.78 is 1.51. The number of amides is 1. The second-order valence-electron chi connectivity index (χ2n) is 5.67. The molecule has 1 aliphatic heterocycles. The molecular formula is C16H17ClN6O. The molecule has 1 fully saturated rings. The summed E-state index contributed by atoms with van der Waals surface area (Å²) in [6.45, 7) is 4.24. The average Bonchev–Trinajstić information content (AvgIpc) is 2.86. The Morgan fingerprint density at radius 3 is 2.62 bits per heavy atom. The smallest absolute Gasteiger partial charge is 0.259 e. The molecule has 7 nitrogen and oxygen atoms in total. The molecule has 3 heterocycles. The predicted octanol–water partition coefficient (Wildman–Crippen LogP) is 1.61. The van der Waals surface area contributed by atoms with Gasteiger partial charge in [-0.15, -0.1) is 0 Å². The number of aromatic nitrogens is 3. The number of aryl methyl sites for hydroxylation is 2. The minimum absolute atomic E-state index is 0.0935. The highest BCUT2D eigenvalue weighted by Gasteiger charge is 2.27. The van der Waals surface area contributed by atoms with E-state index in [4.69, 9.17) is 16.9 Å². The number of anilines is 1. The van der Waals surface area contributed by atoms with Gasteiger partial charge in [0.25, 0.3) is 5.91 Å². The third-order valence-corrected chi connectivity index (χ3v) is 4.57. The topological polar surface area (TPSA) is 78.0 Å². The van der Waals surface area contributed by atoms with Gasteiger partial charge in [0.1, 0.15) is 11.0 Å². The summed E-state index contributed by atoms with van der Waals surface area (Å²) >= 11 is 6.19. The van der Waals surface area contributed by atoms with E-state index in [1.54, 1.807) is 37.2 Å². The van der Waals surface area contributed by atoms with Crippen molar-refractivity contribution in [2.75, 3.05) is 31.1 Å². The summed E-state index contributed by atoms with van der Waals surface area (Å²) in [5.41, 5.74) is 1.69. The normalized spacial score (nSPS) is 14.6. The molecule has 8 heteroatoms. The van der Waals surface area contributed by atoms with Crippen LogP contribution in [0.1, 0.15) is 21.6 Å². The Labute approximate surface area is 145 Å². The molecule has 0 spiro atoms. The molecule has 1 saturated heterocycles.